The van der Waals surface area contributed by atoms with Gasteiger partial charge >= 0.3 is 118 Å². The van der Waals surface area contributed by atoms with Crippen LogP contribution in [0.4, 0.5) is 0 Å². The van der Waals surface area contributed by atoms with Crippen molar-refractivity contribution in [1.82, 2.24) is 0 Å². The summed E-state index contributed by atoms with van der Waals surface area (Å²) in [5, 5.41) is 45.3. The van der Waals surface area contributed by atoms with E-state index in [-0.39, 0.29) is 140 Å². The predicted molar refractivity (Wildman–Crippen MR) is 127 cm³/mol. The molecule has 0 saturated carbocycles. The maximum atomic E-state index is 11.3. The van der Waals surface area contributed by atoms with Crippen LogP contribution in [-0.4, -0.2) is 23.9 Å². The molecule has 4 aromatic rings. The number of carboxylic acid groups (broad SMARTS) is 4. The molecule has 190 valence electrons. The quantitative estimate of drug-likeness (QED) is 0.172. The summed E-state index contributed by atoms with van der Waals surface area (Å²) >= 11 is 0. The second kappa shape index (κ2) is 18.5. The Morgan fingerprint density at radius 2 is 0.476 bits per heavy atom. The van der Waals surface area contributed by atoms with Crippen molar-refractivity contribution in [3.8, 4) is 0 Å². The maximum Gasteiger partial charge on any atom is 1.00 e. The summed E-state index contributed by atoms with van der Waals surface area (Å²) < 4.78 is 0. The van der Waals surface area contributed by atoms with Gasteiger partial charge in [-0.3, -0.25) is 0 Å². The van der Waals surface area contributed by atoms with Crippen LogP contribution in [0, 0.1) is 0 Å². The van der Waals surface area contributed by atoms with Gasteiger partial charge in [0, 0.05) is 11.8 Å². The molecule has 0 unspecified atom stereocenters. The van der Waals surface area contributed by atoms with Crippen LogP contribution in [0.1, 0.15) is 75.5 Å². The third kappa shape index (κ3) is 9.89. The van der Waals surface area contributed by atoms with Crippen LogP contribution in [-0.2, 0) is 0 Å². The Morgan fingerprint density at radius 3 is 0.595 bits per heavy atom. The van der Waals surface area contributed by atoms with Gasteiger partial charge in [-0.1, -0.05) is 97.1 Å². The fourth-order valence-electron chi connectivity index (χ4n) is 4.46. The Morgan fingerprint density at radius 1 is 0.333 bits per heavy atom. The van der Waals surface area contributed by atoms with E-state index in [1.54, 1.807) is 48.5 Å². The molecule has 0 heterocycles. The summed E-state index contributed by atoms with van der Waals surface area (Å²) in [5.74, 6) is -6.47. The molecule has 0 aliphatic heterocycles. The number of carbonyl (C=O) groups is 4. The van der Waals surface area contributed by atoms with E-state index in [0.29, 0.717) is 22.3 Å². The zero-order valence-corrected chi connectivity index (χ0v) is 31.7. The number of carboxylic acids is 4. The standard InChI is InChI=1S/C30H22O8.4Na/c31-27(32)21-9-1-17(2-10-21)25(18-3-11-22(12-4-18)28(33)34)26(19-5-13-23(14-6-19)29(35)36)20-7-15-24(16-8-20)30(37)38;;;;/h1-16,25-26H,(H,31,32)(H,33,34)(H,35,36)(H,37,38);;;;/q;4*+1/p-4. The molecule has 42 heavy (non-hydrogen) atoms. The van der Waals surface area contributed by atoms with Crippen molar-refractivity contribution in [2.75, 3.05) is 0 Å². The van der Waals surface area contributed by atoms with Crippen molar-refractivity contribution in [2.24, 2.45) is 0 Å². The van der Waals surface area contributed by atoms with Crippen molar-refractivity contribution < 1.29 is 158 Å². The zero-order valence-electron chi connectivity index (χ0n) is 23.7. The predicted octanol–water partition coefficient (Wildman–Crippen LogP) is -11.9. The first kappa shape index (κ1) is 40.8. The Bertz CT molecular complexity index is 1270. The Labute approximate surface area is 330 Å². The number of benzene rings is 4. The molecule has 0 aliphatic carbocycles. The molecule has 0 saturated heterocycles. The van der Waals surface area contributed by atoms with E-state index in [1.165, 1.54) is 48.5 Å². The van der Waals surface area contributed by atoms with Crippen molar-refractivity contribution in [1.29, 1.82) is 0 Å². The van der Waals surface area contributed by atoms with E-state index >= 15 is 0 Å². The number of carbonyl (C=O) groups excluding carboxylic acids is 4. The van der Waals surface area contributed by atoms with Crippen LogP contribution in [0.5, 0.6) is 0 Å². The average molecular weight is 598 g/mol. The van der Waals surface area contributed by atoms with E-state index in [4.69, 9.17) is 0 Å². The molecule has 0 amide bonds. The smallest absolute Gasteiger partial charge is 0.545 e. The molecule has 0 bridgehead atoms. The molecule has 0 aliphatic rings. The summed E-state index contributed by atoms with van der Waals surface area (Å²) in [4.78, 5) is 45.3. The molecule has 0 fully saturated rings. The molecule has 4 rings (SSSR count). The van der Waals surface area contributed by atoms with Gasteiger partial charge in [0.25, 0.3) is 0 Å². The van der Waals surface area contributed by atoms with Crippen LogP contribution >= 0.6 is 0 Å². The Hall–Kier alpha value is -1.24. The SMILES string of the molecule is O=C([O-])c1ccc(C(c2ccc(C(=O)[O-])cc2)C(c2ccc(C(=O)[O-])cc2)c2ccc(C(=O)[O-])cc2)cc1.[Na+].[Na+].[Na+].[Na+]. The minimum absolute atomic E-state index is 0. The number of aromatic carboxylic acids is 4. The minimum Gasteiger partial charge on any atom is -0.545 e. The average Bonchev–Trinajstić information content (AvgIpc) is 2.92. The van der Waals surface area contributed by atoms with E-state index in [0.717, 1.165) is 0 Å². The molecular formula is C30H18Na4O8. The van der Waals surface area contributed by atoms with E-state index in [9.17, 15) is 39.6 Å². The maximum absolute atomic E-state index is 11.3. The zero-order chi connectivity index (χ0) is 27.4. The van der Waals surface area contributed by atoms with Gasteiger partial charge in [-0.25, -0.2) is 0 Å². The van der Waals surface area contributed by atoms with Gasteiger partial charge in [0.05, 0.1) is 23.9 Å². The molecule has 0 aromatic heterocycles. The monoisotopic (exact) mass is 598 g/mol. The molecule has 0 N–H and O–H groups in total. The van der Waals surface area contributed by atoms with E-state index in [2.05, 4.69) is 0 Å². The molecule has 0 spiro atoms. The van der Waals surface area contributed by atoms with Crippen molar-refractivity contribution in [3.05, 3.63) is 142 Å². The van der Waals surface area contributed by atoms with Crippen LogP contribution in [0.25, 0.3) is 0 Å². The topological polar surface area (TPSA) is 161 Å². The molecule has 12 heteroatoms. The van der Waals surface area contributed by atoms with Gasteiger partial charge in [0.2, 0.25) is 0 Å². The molecule has 0 radical (unpaired) electrons. The van der Waals surface area contributed by atoms with Gasteiger partial charge < -0.3 is 39.6 Å². The first-order valence-electron chi connectivity index (χ1n) is 11.4. The van der Waals surface area contributed by atoms with Crippen molar-refractivity contribution in [3.63, 3.8) is 0 Å². The minimum atomic E-state index is -1.35. The Balaban J connectivity index is 0.00000420. The number of hydrogen-bond donors (Lipinski definition) is 0. The Kier molecular flexibility index (Phi) is 18.0. The largest absolute Gasteiger partial charge is 1.00 e. The molecule has 0 atom stereocenters. The van der Waals surface area contributed by atoms with Crippen LogP contribution < -0.4 is 139 Å². The van der Waals surface area contributed by atoms with E-state index < -0.39 is 35.7 Å². The van der Waals surface area contributed by atoms with Gasteiger partial charge in [-0.05, 0) is 44.5 Å². The first-order valence-corrected chi connectivity index (χ1v) is 11.4. The van der Waals surface area contributed by atoms with Gasteiger partial charge in [-0.2, -0.15) is 0 Å². The summed E-state index contributed by atoms with van der Waals surface area (Å²) in [7, 11) is 0. The number of rotatable bonds is 9. The summed E-state index contributed by atoms with van der Waals surface area (Å²) in [6, 6.07) is 24.0. The second-order valence-electron chi connectivity index (χ2n) is 8.59. The van der Waals surface area contributed by atoms with Gasteiger partial charge in [0.1, 0.15) is 0 Å². The third-order valence-corrected chi connectivity index (χ3v) is 6.36. The molecular weight excluding hydrogens is 580 g/mol. The van der Waals surface area contributed by atoms with E-state index in [1.807, 2.05) is 0 Å². The molecule has 4 aromatic carbocycles. The van der Waals surface area contributed by atoms with Crippen LogP contribution in [0.2, 0.25) is 0 Å². The summed E-state index contributed by atoms with van der Waals surface area (Å²) in [6.45, 7) is 0. The van der Waals surface area contributed by atoms with Crippen molar-refractivity contribution in [2.45, 2.75) is 11.8 Å². The fourth-order valence-corrected chi connectivity index (χ4v) is 4.46. The summed E-state index contributed by atoms with van der Waals surface area (Å²) in [6.07, 6.45) is 0. The first-order chi connectivity index (χ1) is 18.2. The van der Waals surface area contributed by atoms with Crippen LogP contribution in [0.3, 0.4) is 0 Å². The van der Waals surface area contributed by atoms with Crippen LogP contribution in [0.15, 0.2) is 97.1 Å². The van der Waals surface area contributed by atoms with Gasteiger partial charge in [-0.15, -0.1) is 0 Å². The summed E-state index contributed by atoms with van der Waals surface area (Å²) in [5.41, 5.74) is 2.51. The molecule has 8 nitrogen and oxygen atoms in total. The van der Waals surface area contributed by atoms with Gasteiger partial charge in [0.15, 0.2) is 0 Å². The normalized spacial score (nSPS) is 9.86. The number of hydrogen-bond acceptors (Lipinski definition) is 8. The van der Waals surface area contributed by atoms with Crippen molar-refractivity contribution >= 4 is 23.9 Å². The third-order valence-electron chi connectivity index (χ3n) is 6.36. The second-order valence-corrected chi connectivity index (χ2v) is 8.59. The fraction of sp³-hybridized carbons (Fsp3) is 0.0667.